The second kappa shape index (κ2) is 9.45. The lowest BCUT2D eigenvalue weighted by molar-refractivity contribution is -0.138. The molecule has 3 aromatic heterocycles. The molecular formula is C24H17F6N5O2. The molecule has 0 N–H and O–H groups in total. The number of halogens is 6. The van der Waals surface area contributed by atoms with Crippen molar-refractivity contribution in [3.63, 3.8) is 0 Å². The van der Waals surface area contributed by atoms with Gasteiger partial charge in [-0.25, -0.2) is 9.07 Å². The topological polar surface area (TPSA) is 86.7 Å². The lowest BCUT2D eigenvalue weighted by atomic mass is 9.80. The lowest BCUT2D eigenvalue weighted by Crippen LogP contribution is -2.31. The minimum absolute atomic E-state index is 0.111. The van der Waals surface area contributed by atoms with E-state index in [1.165, 1.54) is 12.1 Å². The van der Waals surface area contributed by atoms with Gasteiger partial charge in [0.15, 0.2) is 0 Å². The standard InChI is InChI=1S/C24H17F6N5O2/c25-17-5-1-3-12-6-7-13(9-14(12)17)15-10-18(21-32-33-22(37-21)20(26)27)34-35(23(15)36)11-19-16(24(28,29)30)4-2-8-31-19/h1-5,8,10,13,20H,6-7,9,11H2. The third-order valence-electron chi connectivity index (χ3n) is 6.21. The summed E-state index contributed by atoms with van der Waals surface area (Å²) in [7, 11) is 0. The van der Waals surface area contributed by atoms with E-state index >= 15 is 0 Å². The van der Waals surface area contributed by atoms with Crippen molar-refractivity contribution in [2.75, 3.05) is 0 Å². The van der Waals surface area contributed by atoms with E-state index in [2.05, 4.69) is 20.3 Å². The summed E-state index contributed by atoms with van der Waals surface area (Å²) >= 11 is 0. The second-order valence-corrected chi connectivity index (χ2v) is 8.51. The molecule has 5 rings (SSSR count). The average molecular weight is 521 g/mol. The van der Waals surface area contributed by atoms with Gasteiger partial charge in [0, 0.05) is 11.8 Å². The number of aryl methyl sites for hydroxylation is 1. The van der Waals surface area contributed by atoms with Crippen LogP contribution in [-0.4, -0.2) is 25.0 Å². The lowest BCUT2D eigenvalue weighted by Gasteiger charge is -2.25. The Morgan fingerprint density at radius 2 is 1.95 bits per heavy atom. The molecule has 0 saturated carbocycles. The highest BCUT2D eigenvalue weighted by Crippen LogP contribution is 2.34. The van der Waals surface area contributed by atoms with Gasteiger partial charge in [0.25, 0.3) is 17.3 Å². The minimum atomic E-state index is -4.74. The summed E-state index contributed by atoms with van der Waals surface area (Å²) in [4.78, 5) is 17.2. The number of nitrogens with zero attached hydrogens (tertiary/aromatic N) is 5. The Labute approximate surface area is 204 Å². The fraction of sp³-hybridized carbons (Fsp3) is 0.292. The van der Waals surface area contributed by atoms with Crippen molar-refractivity contribution in [3.8, 4) is 11.6 Å². The first-order valence-electron chi connectivity index (χ1n) is 11.1. The number of aromatic nitrogens is 5. The van der Waals surface area contributed by atoms with Crippen LogP contribution in [0.3, 0.4) is 0 Å². The highest BCUT2D eigenvalue weighted by molar-refractivity contribution is 5.48. The van der Waals surface area contributed by atoms with E-state index in [9.17, 15) is 31.1 Å². The van der Waals surface area contributed by atoms with Crippen molar-refractivity contribution in [1.29, 1.82) is 0 Å². The van der Waals surface area contributed by atoms with E-state index in [-0.39, 0.29) is 17.7 Å². The minimum Gasteiger partial charge on any atom is -0.413 e. The van der Waals surface area contributed by atoms with E-state index in [4.69, 9.17) is 4.42 Å². The molecule has 3 heterocycles. The van der Waals surface area contributed by atoms with Crippen molar-refractivity contribution in [1.82, 2.24) is 25.0 Å². The van der Waals surface area contributed by atoms with Crippen LogP contribution in [0.2, 0.25) is 0 Å². The zero-order chi connectivity index (χ0) is 26.3. The van der Waals surface area contributed by atoms with Crippen LogP contribution in [0.25, 0.3) is 11.6 Å². The van der Waals surface area contributed by atoms with Gasteiger partial charge in [-0.15, -0.1) is 10.2 Å². The third kappa shape index (κ3) is 4.85. The monoisotopic (exact) mass is 521 g/mol. The van der Waals surface area contributed by atoms with E-state index in [0.717, 1.165) is 28.6 Å². The molecule has 0 bridgehead atoms. The van der Waals surface area contributed by atoms with E-state index in [1.807, 2.05) is 0 Å². The molecule has 7 nitrogen and oxygen atoms in total. The molecule has 1 atom stereocenters. The summed E-state index contributed by atoms with van der Waals surface area (Å²) < 4.78 is 86.8. The molecule has 0 saturated heterocycles. The number of hydrogen-bond acceptors (Lipinski definition) is 6. The molecule has 13 heteroatoms. The molecule has 192 valence electrons. The van der Waals surface area contributed by atoms with Crippen molar-refractivity contribution in [2.45, 2.75) is 44.3 Å². The van der Waals surface area contributed by atoms with Gasteiger partial charge in [-0.3, -0.25) is 9.78 Å². The van der Waals surface area contributed by atoms with Crippen molar-refractivity contribution in [2.24, 2.45) is 0 Å². The maximum atomic E-state index is 14.5. The van der Waals surface area contributed by atoms with Gasteiger partial charge in [-0.2, -0.15) is 27.1 Å². The molecule has 1 aliphatic carbocycles. The van der Waals surface area contributed by atoms with Crippen LogP contribution in [0.5, 0.6) is 0 Å². The number of fused-ring (bicyclic) bond motifs is 1. The zero-order valence-corrected chi connectivity index (χ0v) is 18.8. The summed E-state index contributed by atoms with van der Waals surface area (Å²) in [6.07, 6.45) is -5.59. The molecule has 37 heavy (non-hydrogen) atoms. The van der Waals surface area contributed by atoms with Gasteiger partial charge >= 0.3 is 12.6 Å². The van der Waals surface area contributed by atoms with Gasteiger partial charge in [0.2, 0.25) is 0 Å². The maximum Gasteiger partial charge on any atom is 0.418 e. The fourth-order valence-electron chi connectivity index (χ4n) is 4.47. The molecule has 0 radical (unpaired) electrons. The van der Waals surface area contributed by atoms with E-state index in [0.29, 0.717) is 18.4 Å². The van der Waals surface area contributed by atoms with E-state index < -0.39 is 59.5 Å². The summed E-state index contributed by atoms with van der Waals surface area (Å²) in [5.74, 6) is -2.37. The van der Waals surface area contributed by atoms with Gasteiger partial charge < -0.3 is 4.42 Å². The number of pyridine rings is 1. The molecule has 1 aliphatic rings. The molecule has 1 aromatic carbocycles. The molecule has 4 aromatic rings. The maximum absolute atomic E-state index is 14.5. The molecule has 0 spiro atoms. The van der Waals surface area contributed by atoms with Crippen LogP contribution < -0.4 is 5.56 Å². The quantitative estimate of drug-likeness (QED) is 0.340. The van der Waals surface area contributed by atoms with Gasteiger partial charge in [0.1, 0.15) is 11.5 Å². The van der Waals surface area contributed by atoms with Crippen molar-refractivity contribution in [3.05, 3.63) is 92.6 Å². The highest BCUT2D eigenvalue weighted by Gasteiger charge is 2.34. The van der Waals surface area contributed by atoms with E-state index in [1.54, 1.807) is 12.1 Å². The number of alkyl halides is 5. The van der Waals surface area contributed by atoms with Crippen LogP contribution in [0.15, 0.2) is 51.8 Å². The Bertz CT molecular complexity index is 1510. The number of hydrogen-bond donors (Lipinski definition) is 0. The van der Waals surface area contributed by atoms with Gasteiger partial charge in [-0.05, 0) is 60.6 Å². The van der Waals surface area contributed by atoms with Crippen LogP contribution >= 0.6 is 0 Å². The molecule has 0 fully saturated rings. The van der Waals surface area contributed by atoms with Crippen LogP contribution in [0.1, 0.15) is 52.6 Å². The largest absolute Gasteiger partial charge is 0.418 e. The van der Waals surface area contributed by atoms with Crippen LogP contribution in [-0.2, 0) is 25.6 Å². The molecule has 1 unspecified atom stereocenters. The van der Waals surface area contributed by atoms with Crippen molar-refractivity contribution < 1.29 is 30.8 Å². The SMILES string of the molecule is O=c1c(C2CCc3cccc(F)c3C2)cc(-c2nnc(C(F)F)o2)nn1Cc1ncccc1C(F)(F)F. The predicted molar refractivity (Wildman–Crippen MR) is 116 cm³/mol. The van der Waals surface area contributed by atoms with Crippen LogP contribution in [0, 0.1) is 5.82 Å². The highest BCUT2D eigenvalue weighted by atomic mass is 19.4. The number of rotatable bonds is 5. The number of benzene rings is 1. The summed E-state index contributed by atoms with van der Waals surface area (Å²) in [6, 6.07) is 7.90. The summed E-state index contributed by atoms with van der Waals surface area (Å²) in [6.45, 7) is -0.664. The average Bonchev–Trinajstić information content (AvgIpc) is 3.36. The predicted octanol–water partition coefficient (Wildman–Crippen LogP) is 5.10. The summed E-state index contributed by atoms with van der Waals surface area (Å²) in [5, 5.41) is 10.8. The van der Waals surface area contributed by atoms with Crippen molar-refractivity contribution >= 4 is 0 Å². The first kappa shape index (κ1) is 24.7. The molecule has 0 amide bonds. The Balaban J connectivity index is 1.62. The normalized spacial score (nSPS) is 15.7. The van der Waals surface area contributed by atoms with Crippen LogP contribution in [0.4, 0.5) is 26.3 Å². The fourth-order valence-corrected chi connectivity index (χ4v) is 4.47. The third-order valence-corrected chi connectivity index (χ3v) is 6.21. The smallest absolute Gasteiger partial charge is 0.413 e. The first-order chi connectivity index (χ1) is 17.6. The Morgan fingerprint density at radius 1 is 1.14 bits per heavy atom. The Kier molecular flexibility index (Phi) is 6.30. The molecule has 0 aliphatic heterocycles. The first-order valence-corrected chi connectivity index (χ1v) is 11.1. The molecular weight excluding hydrogens is 504 g/mol. The zero-order valence-electron chi connectivity index (χ0n) is 18.8. The summed E-state index contributed by atoms with van der Waals surface area (Å²) in [5.41, 5.74) is -1.08. The van der Waals surface area contributed by atoms with Gasteiger partial charge in [-0.1, -0.05) is 12.1 Å². The Morgan fingerprint density at radius 3 is 2.68 bits per heavy atom. The second-order valence-electron chi connectivity index (χ2n) is 8.51. The van der Waals surface area contributed by atoms with Gasteiger partial charge in [0.05, 0.1) is 17.8 Å². The Hall–Kier alpha value is -4.03.